The second kappa shape index (κ2) is 9.07. The van der Waals surface area contributed by atoms with Gasteiger partial charge in [-0.25, -0.2) is 0 Å². The Balaban J connectivity index is 1.94. The van der Waals surface area contributed by atoms with Gasteiger partial charge in [0.05, 0.1) is 20.6 Å². The Bertz CT molecular complexity index is 789. The van der Waals surface area contributed by atoms with Gasteiger partial charge in [0, 0.05) is 17.4 Å². The van der Waals surface area contributed by atoms with Gasteiger partial charge in [-0.05, 0) is 31.0 Å². The second-order valence-corrected chi connectivity index (χ2v) is 7.81. The monoisotopic (exact) mass is 415 g/mol. The van der Waals surface area contributed by atoms with Gasteiger partial charge >= 0.3 is 6.18 Å². The molecule has 3 rings (SSSR count). The lowest BCUT2D eigenvalue weighted by atomic mass is 9.95. The summed E-state index contributed by atoms with van der Waals surface area (Å²) in [5, 5.41) is 9.09. The molecule has 0 radical (unpaired) electrons. The molecule has 1 saturated carbocycles. The van der Waals surface area contributed by atoms with Crippen molar-refractivity contribution in [1.82, 2.24) is 14.8 Å². The lowest BCUT2D eigenvalue weighted by Crippen LogP contribution is -2.15. The fraction of sp³-hybridized carbons (Fsp3) is 0.579. The van der Waals surface area contributed by atoms with Gasteiger partial charge in [-0.3, -0.25) is 4.57 Å². The van der Waals surface area contributed by atoms with E-state index < -0.39 is 12.6 Å². The number of benzene rings is 1. The zero-order valence-electron chi connectivity index (χ0n) is 16.0. The van der Waals surface area contributed by atoms with E-state index in [2.05, 4.69) is 10.2 Å². The molecule has 1 aliphatic rings. The summed E-state index contributed by atoms with van der Waals surface area (Å²) in [7, 11) is 3.13. The summed E-state index contributed by atoms with van der Waals surface area (Å²) >= 11 is 1.11. The summed E-state index contributed by atoms with van der Waals surface area (Å²) in [6.45, 7) is 0. The van der Waals surface area contributed by atoms with E-state index in [9.17, 15) is 13.2 Å². The van der Waals surface area contributed by atoms with Crippen molar-refractivity contribution in [2.75, 3.05) is 20.0 Å². The van der Waals surface area contributed by atoms with Crippen molar-refractivity contribution in [3.8, 4) is 22.9 Å². The highest BCUT2D eigenvalue weighted by Crippen LogP contribution is 2.38. The minimum absolute atomic E-state index is 0.0692. The van der Waals surface area contributed by atoms with Crippen LogP contribution in [0.3, 0.4) is 0 Å². The van der Waals surface area contributed by atoms with Crippen molar-refractivity contribution >= 4 is 11.8 Å². The van der Waals surface area contributed by atoms with Crippen molar-refractivity contribution in [3.63, 3.8) is 0 Å². The number of hydrogen-bond acceptors (Lipinski definition) is 5. The molecule has 0 unspecified atom stereocenters. The number of methoxy groups -OCH3 is 2. The summed E-state index contributed by atoms with van der Waals surface area (Å²) in [5.41, 5.74) is 0.804. The predicted octanol–water partition coefficient (Wildman–Crippen LogP) is 5.51. The number of aromatic nitrogens is 3. The van der Waals surface area contributed by atoms with Crippen molar-refractivity contribution in [1.29, 1.82) is 0 Å². The first-order valence-electron chi connectivity index (χ1n) is 9.30. The molecule has 0 N–H and O–H groups in total. The van der Waals surface area contributed by atoms with E-state index in [0.29, 0.717) is 22.5 Å². The van der Waals surface area contributed by atoms with Gasteiger partial charge in [-0.2, -0.15) is 13.2 Å². The molecule has 0 saturated heterocycles. The van der Waals surface area contributed by atoms with Gasteiger partial charge in [0.15, 0.2) is 22.5 Å². The summed E-state index contributed by atoms with van der Waals surface area (Å²) in [6, 6.07) is 5.69. The van der Waals surface area contributed by atoms with E-state index in [1.54, 1.807) is 20.3 Å². The Morgan fingerprint density at radius 2 is 1.79 bits per heavy atom. The first kappa shape index (κ1) is 20.8. The molecule has 9 heteroatoms. The van der Waals surface area contributed by atoms with Crippen molar-refractivity contribution in [2.24, 2.45) is 0 Å². The molecule has 28 heavy (non-hydrogen) atoms. The molecule has 1 aliphatic carbocycles. The van der Waals surface area contributed by atoms with Crippen LogP contribution in [0.1, 0.15) is 44.6 Å². The average molecular weight is 415 g/mol. The highest BCUT2D eigenvalue weighted by atomic mass is 32.2. The van der Waals surface area contributed by atoms with Crippen LogP contribution in [-0.4, -0.2) is 40.9 Å². The summed E-state index contributed by atoms with van der Waals surface area (Å²) in [5.74, 6) is 1.77. The molecular weight excluding hydrogens is 391 g/mol. The molecule has 1 heterocycles. The summed E-state index contributed by atoms with van der Waals surface area (Å²) in [4.78, 5) is 0. The van der Waals surface area contributed by atoms with E-state index in [-0.39, 0.29) is 11.8 Å². The molecule has 0 bridgehead atoms. The first-order chi connectivity index (χ1) is 13.4. The van der Waals surface area contributed by atoms with E-state index in [4.69, 9.17) is 9.47 Å². The van der Waals surface area contributed by atoms with E-state index in [0.717, 1.165) is 43.0 Å². The largest absolute Gasteiger partial charge is 0.493 e. The number of thioether (sulfide) groups is 1. The third kappa shape index (κ3) is 4.92. The third-order valence-electron chi connectivity index (χ3n) is 4.86. The molecular formula is C19H24F3N3O2S. The number of halogens is 3. The zero-order valence-corrected chi connectivity index (χ0v) is 16.8. The van der Waals surface area contributed by atoms with E-state index in [1.807, 2.05) is 16.7 Å². The SMILES string of the molecule is COc1ccc(-c2nnc(SCCC(F)(F)F)n2C2CCCCC2)cc1OC. The first-order valence-corrected chi connectivity index (χ1v) is 10.3. The van der Waals surface area contributed by atoms with Crippen molar-refractivity contribution in [3.05, 3.63) is 18.2 Å². The Labute approximate surface area is 166 Å². The highest BCUT2D eigenvalue weighted by molar-refractivity contribution is 7.99. The standard InChI is InChI=1S/C19H24F3N3O2S/c1-26-15-9-8-13(12-16(15)27-2)17-23-24-18(28-11-10-19(20,21)22)25(17)14-6-4-3-5-7-14/h8-9,12,14H,3-7,10-11H2,1-2H3. The lowest BCUT2D eigenvalue weighted by Gasteiger charge is -2.25. The van der Waals surface area contributed by atoms with Crippen LogP contribution in [0.15, 0.2) is 23.4 Å². The molecule has 0 atom stereocenters. The van der Waals surface area contributed by atoms with Gasteiger partial charge in [0.25, 0.3) is 0 Å². The van der Waals surface area contributed by atoms with E-state index >= 15 is 0 Å². The number of hydrogen-bond donors (Lipinski definition) is 0. The number of alkyl halides is 3. The quantitative estimate of drug-likeness (QED) is 0.558. The van der Waals surface area contributed by atoms with Gasteiger partial charge in [0.1, 0.15) is 0 Å². The van der Waals surface area contributed by atoms with Crippen LogP contribution in [-0.2, 0) is 0 Å². The fourth-order valence-corrected chi connectivity index (χ4v) is 4.46. The predicted molar refractivity (Wildman–Crippen MR) is 102 cm³/mol. The molecule has 1 aromatic carbocycles. The topological polar surface area (TPSA) is 49.2 Å². The molecule has 1 aromatic heterocycles. The minimum atomic E-state index is -4.17. The summed E-state index contributed by atoms with van der Waals surface area (Å²) in [6.07, 6.45) is 0.314. The third-order valence-corrected chi connectivity index (χ3v) is 5.81. The Hall–Kier alpha value is -1.90. The number of ether oxygens (including phenoxy) is 2. The smallest absolute Gasteiger partial charge is 0.389 e. The van der Waals surface area contributed by atoms with Gasteiger partial charge in [0.2, 0.25) is 0 Å². The van der Waals surface area contributed by atoms with Crippen LogP contribution in [0.2, 0.25) is 0 Å². The van der Waals surface area contributed by atoms with Crippen LogP contribution >= 0.6 is 11.8 Å². The zero-order chi connectivity index (χ0) is 20.1. The molecule has 1 fully saturated rings. The van der Waals surface area contributed by atoms with Gasteiger partial charge in [-0.1, -0.05) is 31.0 Å². The van der Waals surface area contributed by atoms with Crippen LogP contribution in [0.4, 0.5) is 13.2 Å². The van der Waals surface area contributed by atoms with Crippen molar-refractivity contribution < 1.29 is 22.6 Å². The molecule has 2 aromatic rings. The maximum atomic E-state index is 12.6. The molecule has 0 amide bonds. The Morgan fingerprint density at radius 3 is 2.43 bits per heavy atom. The van der Waals surface area contributed by atoms with Crippen LogP contribution in [0.5, 0.6) is 11.5 Å². The molecule has 154 valence electrons. The Morgan fingerprint density at radius 1 is 1.07 bits per heavy atom. The van der Waals surface area contributed by atoms with Gasteiger partial charge in [-0.15, -0.1) is 10.2 Å². The van der Waals surface area contributed by atoms with Gasteiger partial charge < -0.3 is 9.47 Å². The number of nitrogens with zero attached hydrogens (tertiary/aromatic N) is 3. The molecule has 0 aliphatic heterocycles. The molecule has 0 spiro atoms. The van der Waals surface area contributed by atoms with Crippen LogP contribution in [0, 0.1) is 0 Å². The average Bonchev–Trinajstić information content (AvgIpc) is 3.11. The highest BCUT2D eigenvalue weighted by Gasteiger charge is 2.28. The van der Waals surface area contributed by atoms with Crippen LogP contribution < -0.4 is 9.47 Å². The molecule has 5 nitrogen and oxygen atoms in total. The maximum absolute atomic E-state index is 12.6. The number of rotatable bonds is 7. The normalized spacial score (nSPS) is 15.6. The second-order valence-electron chi connectivity index (χ2n) is 6.75. The fourth-order valence-electron chi connectivity index (χ4n) is 3.47. The lowest BCUT2D eigenvalue weighted by molar-refractivity contribution is -0.129. The minimum Gasteiger partial charge on any atom is -0.493 e. The van der Waals surface area contributed by atoms with Crippen LogP contribution in [0.25, 0.3) is 11.4 Å². The Kier molecular flexibility index (Phi) is 6.74. The summed E-state index contributed by atoms with van der Waals surface area (Å²) < 4.78 is 50.4. The maximum Gasteiger partial charge on any atom is 0.389 e. The van der Waals surface area contributed by atoms with E-state index in [1.165, 1.54) is 6.42 Å². The van der Waals surface area contributed by atoms with Crippen molar-refractivity contribution in [2.45, 2.75) is 55.9 Å².